The fourth-order valence-electron chi connectivity index (χ4n) is 3.94. The molecule has 3 aromatic rings. The van der Waals surface area contributed by atoms with Gasteiger partial charge in [0.25, 0.3) is 5.56 Å². The predicted molar refractivity (Wildman–Crippen MR) is 140 cm³/mol. The van der Waals surface area contributed by atoms with Gasteiger partial charge in [-0.3, -0.25) is 9.36 Å². The van der Waals surface area contributed by atoms with E-state index < -0.39 is 12.0 Å². The Morgan fingerprint density at radius 3 is 2.59 bits per heavy atom. The average Bonchev–Trinajstić information content (AvgIpc) is 3.14. The summed E-state index contributed by atoms with van der Waals surface area (Å²) in [7, 11) is 1.34. The third-order valence-corrected chi connectivity index (χ3v) is 7.41. The molecule has 1 aliphatic heterocycles. The Kier molecular flexibility index (Phi) is 7.54. The third kappa shape index (κ3) is 4.56. The van der Waals surface area contributed by atoms with Crippen molar-refractivity contribution in [3.8, 4) is 5.75 Å². The van der Waals surface area contributed by atoms with E-state index in [1.54, 1.807) is 10.6 Å². The number of carbonyl (C=O) groups is 1. The molecular formula is C25H22Br2N2O4S. The molecule has 34 heavy (non-hydrogen) atoms. The Hall–Kier alpha value is -2.49. The Balaban J connectivity index is 2.01. The molecule has 0 aliphatic carbocycles. The van der Waals surface area contributed by atoms with Crippen molar-refractivity contribution in [2.75, 3.05) is 13.7 Å². The fraction of sp³-hybridized carbons (Fsp3) is 0.240. The Labute approximate surface area is 217 Å². The summed E-state index contributed by atoms with van der Waals surface area (Å²) in [6, 6.07) is 12.7. The number of thiazole rings is 1. The lowest BCUT2D eigenvalue weighted by molar-refractivity contribution is -0.136. The number of carbonyl (C=O) groups excluding carboxylic acids is 1. The minimum atomic E-state index is -0.623. The highest BCUT2D eigenvalue weighted by atomic mass is 79.9. The van der Waals surface area contributed by atoms with Gasteiger partial charge in [-0.25, -0.2) is 9.79 Å². The smallest absolute Gasteiger partial charge is 0.338 e. The van der Waals surface area contributed by atoms with Crippen molar-refractivity contribution < 1.29 is 14.3 Å². The topological polar surface area (TPSA) is 69.9 Å². The molecule has 6 nitrogen and oxygen atoms in total. The lowest BCUT2D eigenvalue weighted by Gasteiger charge is -2.25. The van der Waals surface area contributed by atoms with E-state index in [-0.39, 0.29) is 5.56 Å². The van der Waals surface area contributed by atoms with Gasteiger partial charge in [0.05, 0.1) is 40.0 Å². The summed E-state index contributed by atoms with van der Waals surface area (Å²) in [5.41, 5.74) is 2.35. The number of halogens is 2. The Morgan fingerprint density at radius 1 is 1.21 bits per heavy atom. The molecule has 0 N–H and O–H groups in total. The standard InChI is InChI=1S/C25H22Br2N2O4S/c1-4-18-20(24(31)32-3)21(14-9-7-6-8-10-14)29-23(30)19(34-25(29)28-18)12-15-11-16(26)13-17(27)22(15)33-5-2/h6-13,21H,4-5H2,1-3H3/b19-12+/t21-/m1/s1. The molecule has 1 atom stereocenters. The van der Waals surface area contributed by atoms with Gasteiger partial charge in [0.15, 0.2) is 4.80 Å². The SMILES string of the molecule is CCOc1c(Br)cc(Br)cc1/C=c1/sc2n(c1=O)[C@H](c1ccccc1)C(C(=O)OC)=C(CC)N=2. The highest BCUT2D eigenvalue weighted by Gasteiger charge is 2.33. The summed E-state index contributed by atoms with van der Waals surface area (Å²) in [6.07, 6.45) is 2.34. The van der Waals surface area contributed by atoms with Crippen LogP contribution in [-0.2, 0) is 9.53 Å². The van der Waals surface area contributed by atoms with E-state index in [1.165, 1.54) is 18.4 Å². The van der Waals surface area contributed by atoms with E-state index in [9.17, 15) is 9.59 Å². The van der Waals surface area contributed by atoms with E-state index in [0.29, 0.717) is 39.4 Å². The second kappa shape index (κ2) is 10.4. The number of nitrogens with zero attached hydrogens (tertiary/aromatic N) is 2. The zero-order valence-corrected chi connectivity index (χ0v) is 22.8. The number of methoxy groups -OCH3 is 1. The molecule has 4 rings (SSSR count). The number of hydrogen-bond acceptors (Lipinski definition) is 6. The summed E-state index contributed by atoms with van der Waals surface area (Å²) in [5, 5.41) is 0. The molecule has 176 valence electrons. The third-order valence-electron chi connectivity index (χ3n) is 5.38. The average molecular weight is 606 g/mol. The molecule has 0 amide bonds. The predicted octanol–water partition coefficient (Wildman–Crippen LogP) is 4.72. The van der Waals surface area contributed by atoms with Crippen molar-refractivity contribution >= 4 is 55.2 Å². The quantitative estimate of drug-likeness (QED) is 0.381. The van der Waals surface area contributed by atoms with Crippen LogP contribution in [0.2, 0.25) is 0 Å². The number of rotatable bonds is 6. The van der Waals surface area contributed by atoms with Crippen LogP contribution in [0.25, 0.3) is 6.08 Å². The maximum Gasteiger partial charge on any atom is 0.338 e. The van der Waals surface area contributed by atoms with Crippen LogP contribution in [-0.4, -0.2) is 24.3 Å². The number of ether oxygens (including phenoxy) is 2. The minimum absolute atomic E-state index is 0.229. The first-order chi connectivity index (χ1) is 16.4. The van der Waals surface area contributed by atoms with Gasteiger partial charge < -0.3 is 9.47 Å². The highest BCUT2D eigenvalue weighted by Crippen LogP contribution is 2.34. The summed E-state index contributed by atoms with van der Waals surface area (Å²) in [6.45, 7) is 4.33. The maximum absolute atomic E-state index is 13.7. The van der Waals surface area contributed by atoms with Crippen molar-refractivity contribution in [3.63, 3.8) is 0 Å². The summed E-state index contributed by atoms with van der Waals surface area (Å²) in [4.78, 5) is 31.8. The molecule has 1 aliphatic rings. The van der Waals surface area contributed by atoms with Crippen LogP contribution in [0.1, 0.15) is 37.4 Å². The van der Waals surface area contributed by atoms with Crippen LogP contribution in [0.4, 0.5) is 0 Å². The van der Waals surface area contributed by atoms with Crippen LogP contribution < -0.4 is 19.6 Å². The number of allylic oxidation sites excluding steroid dienone is 1. The zero-order valence-electron chi connectivity index (χ0n) is 18.8. The Bertz CT molecular complexity index is 1460. The van der Waals surface area contributed by atoms with Gasteiger partial charge in [-0.1, -0.05) is 64.5 Å². The number of esters is 1. The lowest BCUT2D eigenvalue weighted by Crippen LogP contribution is -2.40. The van der Waals surface area contributed by atoms with Crippen molar-refractivity contribution in [2.24, 2.45) is 4.99 Å². The first-order valence-corrected chi connectivity index (χ1v) is 13.1. The fourth-order valence-corrected chi connectivity index (χ4v) is 6.32. The number of fused-ring (bicyclic) bond motifs is 1. The van der Waals surface area contributed by atoms with E-state index in [1.807, 2.05) is 56.3 Å². The summed E-state index contributed by atoms with van der Waals surface area (Å²) < 4.78 is 14.6. The second-order valence-electron chi connectivity index (χ2n) is 7.44. The van der Waals surface area contributed by atoms with E-state index in [2.05, 4.69) is 31.9 Å². The van der Waals surface area contributed by atoms with Gasteiger partial charge in [-0.05, 0) is 53.0 Å². The van der Waals surface area contributed by atoms with Gasteiger partial charge in [-0.15, -0.1) is 0 Å². The van der Waals surface area contributed by atoms with Gasteiger partial charge >= 0.3 is 5.97 Å². The lowest BCUT2D eigenvalue weighted by atomic mass is 9.95. The van der Waals surface area contributed by atoms with Crippen molar-refractivity contribution in [3.05, 3.63) is 93.5 Å². The molecule has 0 saturated heterocycles. The van der Waals surface area contributed by atoms with Crippen LogP contribution in [0.15, 0.2) is 72.5 Å². The maximum atomic E-state index is 13.7. The minimum Gasteiger partial charge on any atom is -0.492 e. The monoisotopic (exact) mass is 604 g/mol. The van der Waals surface area contributed by atoms with Crippen LogP contribution >= 0.6 is 43.2 Å². The molecule has 0 unspecified atom stereocenters. The highest BCUT2D eigenvalue weighted by molar-refractivity contribution is 9.11. The van der Waals surface area contributed by atoms with Gasteiger partial charge in [0.2, 0.25) is 0 Å². The number of benzene rings is 2. The molecule has 0 bridgehead atoms. The van der Waals surface area contributed by atoms with Gasteiger partial charge in [0, 0.05) is 10.0 Å². The molecule has 0 spiro atoms. The first kappa shape index (κ1) is 24.6. The molecular weight excluding hydrogens is 584 g/mol. The van der Waals surface area contributed by atoms with Gasteiger partial charge in [0.1, 0.15) is 5.75 Å². The molecule has 0 fully saturated rings. The zero-order chi connectivity index (χ0) is 24.4. The van der Waals surface area contributed by atoms with Crippen molar-refractivity contribution in [1.82, 2.24) is 4.57 Å². The van der Waals surface area contributed by atoms with E-state index in [4.69, 9.17) is 14.5 Å². The Morgan fingerprint density at radius 2 is 1.94 bits per heavy atom. The molecule has 0 saturated carbocycles. The molecule has 1 aromatic heterocycles. The van der Waals surface area contributed by atoms with Crippen LogP contribution in [0, 0.1) is 0 Å². The van der Waals surface area contributed by atoms with Crippen molar-refractivity contribution in [1.29, 1.82) is 0 Å². The molecule has 2 heterocycles. The largest absolute Gasteiger partial charge is 0.492 e. The number of aromatic nitrogens is 1. The van der Waals surface area contributed by atoms with Crippen LogP contribution in [0.3, 0.4) is 0 Å². The first-order valence-electron chi connectivity index (χ1n) is 10.7. The van der Waals surface area contributed by atoms with E-state index >= 15 is 0 Å². The second-order valence-corrected chi connectivity index (χ2v) is 10.2. The molecule has 9 heteroatoms. The number of hydrogen-bond donors (Lipinski definition) is 0. The molecule has 2 aromatic carbocycles. The summed E-state index contributed by atoms with van der Waals surface area (Å²) >= 11 is 8.35. The summed E-state index contributed by atoms with van der Waals surface area (Å²) in [5.74, 6) is 0.166. The van der Waals surface area contributed by atoms with Gasteiger partial charge in [-0.2, -0.15) is 0 Å². The van der Waals surface area contributed by atoms with Crippen LogP contribution in [0.5, 0.6) is 5.75 Å². The molecule has 0 radical (unpaired) electrons. The normalized spacial score (nSPS) is 15.7. The van der Waals surface area contributed by atoms with E-state index in [0.717, 1.165) is 20.1 Å². The van der Waals surface area contributed by atoms with Crippen molar-refractivity contribution in [2.45, 2.75) is 26.3 Å².